The molecule has 104 valence electrons. The van der Waals surface area contributed by atoms with Crippen LogP contribution in [0.3, 0.4) is 0 Å². The first-order chi connectivity index (χ1) is 9.61. The number of H-pyrrole nitrogens is 1. The molecule has 1 aromatic heterocycles. The number of tetrazole rings is 1. The van der Waals surface area contributed by atoms with Crippen LogP contribution >= 0.6 is 0 Å². The topological polar surface area (TPSA) is 101 Å². The zero-order valence-corrected chi connectivity index (χ0v) is 11.0. The Morgan fingerprint density at radius 2 is 2.20 bits per heavy atom. The number of carbonyl (C=O) groups is 2. The summed E-state index contributed by atoms with van der Waals surface area (Å²) in [7, 11) is 2.80. The number of esters is 1. The maximum Gasteiger partial charge on any atom is 0.325 e. The fraction of sp³-hybridized carbons (Fsp3) is 0.250. The fourth-order valence-electron chi connectivity index (χ4n) is 1.63. The van der Waals surface area contributed by atoms with E-state index in [4.69, 9.17) is 0 Å². The van der Waals surface area contributed by atoms with Crippen LogP contribution < -0.4 is 0 Å². The van der Waals surface area contributed by atoms with Crippen LogP contribution in [0.15, 0.2) is 24.3 Å². The number of hydrogen-bond donors (Lipinski definition) is 1. The van der Waals surface area contributed by atoms with Crippen molar-refractivity contribution < 1.29 is 14.3 Å². The van der Waals surface area contributed by atoms with E-state index in [1.54, 1.807) is 24.3 Å². The van der Waals surface area contributed by atoms with Gasteiger partial charge in [-0.2, -0.15) is 5.21 Å². The molecular weight excluding hydrogens is 262 g/mol. The highest BCUT2D eigenvalue weighted by Crippen LogP contribution is 2.15. The quantitative estimate of drug-likeness (QED) is 0.795. The minimum Gasteiger partial charge on any atom is -0.468 e. The summed E-state index contributed by atoms with van der Waals surface area (Å²) in [5.74, 6) is -0.369. The summed E-state index contributed by atoms with van der Waals surface area (Å²) < 4.78 is 4.52. The molecule has 1 aromatic carbocycles. The minimum absolute atomic E-state index is 0.109. The first kappa shape index (κ1) is 13.7. The summed E-state index contributed by atoms with van der Waals surface area (Å²) in [6, 6.07) is 6.77. The number of benzene rings is 1. The maximum absolute atomic E-state index is 12.2. The smallest absolute Gasteiger partial charge is 0.325 e. The van der Waals surface area contributed by atoms with Gasteiger partial charge >= 0.3 is 5.97 Å². The van der Waals surface area contributed by atoms with Crippen molar-refractivity contribution in [1.29, 1.82) is 0 Å². The molecule has 0 saturated carbocycles. The first-order valence-electron chi connectivity index (χ1n) is 5.78. The van der Waals surface area contributed by atoms with Crippen molar-refractivity contribution in [3.05, 3.63) is 29.8 Å². The summed E-state index contributed by atoms with van der Waals surface area (Å²) >= 11 is 0. The number of ether oxygens (including phenoxy) is 1. The SMILES string of the molecule is COC(=O)CN(C)C(=O)c1cccc(-c2nn[nH]n2)c1. The number of likely N-dealkylation sites (N-methyl/N-ethyl adjacent to an activating group) is 1. The summed E-state index contributed by atoms with van der Waals surface area (Å²) in [5, 5.41) is 13.5. The largest absolute Gasteiger partial charge is 0.468 e. The fourth-order valence-corrected chi connectivity index (χ4v) is 1.63. The molecule has 2 aromatic rings. The molecule has 20 heavy (non-hydrogen) atoms. The highest BCUT2D eigenvalue weighted by atomic mass is 16.5. The molecule has 0 saturated heterocycles. The molecule has 0 atom stereocenters. The highest BCUT2D eigenvalue weighted by molar-refractivity contribution is 5.96. The first-order valence-corrected chi connectivity index (χ1v) is 5.78. The average molecular weight is 275 g/mol. The van der Waals surface area contributed by atoms with E-state index in [2.05, 4.69) is 25.4 Å². The van der Waals surface area contributed by atoms with E-state index < -0.39 is 5.97 Å². The number of aromatic amines is 1. The number of nitrogens with zero attached hydrogens (tertiary/aromatic N) is 4. The Balaban J connectivity index is 2.18. The van der Waals surface area contributed by atoms with Gasteiger partial charge in [0.25, 0.3) is 5.91 Å². The number of methoxy groups -OCH3 is 1. The lowest BCUT2D eigenvalue weighted by molar-refractivity contribution is -0.141. The molecule has 2 rings (SSSR count). The molecule has 0 aliphatic rings. The molecular formula is C12H13N5O3. The van der Waals surface area contributed by atoms with Crippen LogP contribution in [0.1, 0.15) is 10.4 Å². The number of hydrogen-bond acceptors (Lipinski definition) is 6. The summed E-state index contributed by atoms with van der Waals surface area (Å²) in [6.45, 7) is -0.109. The molecule has 0 bridgehead atoms. The maximum atomic E-state index is 12.2. The van der Waals surface area contributed by atoms with Gasteiger partial charge in [0.15, 0.2) is 0 Å². The normalized spacial score (nSPS) is 10.1. The third-order valence-corrected chi connectivity index (χ3v) is 2.65. The van der Waals surface area contributed by atoms with Gasteiger partial charge in [-0.25, -0.2) is 0 Å². The molecule has 1 heterocycles. The highest BCUT2D eigenvalue weighted by Gasteiger charge is 2.16. The Labute approximate surface area is 114 Å². The van der Waals surface area contributed by atoms with Crippen molar-refractivity contribution in [3.63, 3.8) is 0 Å². The van der Waals surface area contributed by atoms with Gasteiger partial charge in [0.1, 0.15) is 6.54 Å². The van der Waals surface area contributed by atoms with Gasteiger partial charge < -0.3 is 9.64 Å². The predicted octanol–water partition coefficient (Wildman–Crippen LogP) is 0.112. The molecule has 1 N–H and O–H groups in total. The van der Waals surface area contributed by atoms with Crippen LogP contribution in [0.5, 0.6) is 0 Å². The molecule has 8 nitrogen and oxygen atoms in total. The molecule has 0 aliphatic heterocycles. The lowest BCUT2D eigenvalue weighted by atomic mass is 10.1. The van der Waals surface area contributed by atoms with E-state index in [1.807, 2.05) is 0 Å². The van der Waals surface area contributed by atoms with Crippen molar-refractivity contribution in [2.45, 2.75) is 0 Å². The van der Waals surface area contributed by atoms with Crippen molar-refractivity contribution in [3.8, 4) is 11.4 Å². The van der Waals surface area contributed by atoms with Gasteiger partial charge in [-0.15, -0.1) is 10.2 Å². The van der Waals surface area contributed by atoms with E-state index in [9.17, 15) is 9.59 Å². The van der Waals surface area contributed by atoms with Crippen molar-refractivity contribution in [2.75, 3.05) is 20.7 Å². The molecule has 0 aliphatic carbocycles. The average Bonchev–Trinajstić information content (AvgIpc) is 3.00. The van der Waals surface area contributed by atoms with Crippen molar-refractivity contribution in [2.24, 2.45) is 0 Å². The predicted molar refractivity (Wildman–Crippen MR) is 68.6 cm³/mol. The number of nitrogens with one attached hydrogen (secondary N) is 1. The standard InChI is InChI=1S/C12H13N5O3/c1-17(7-10(18)20-2)12(19)9-5-3-4-8(6-9)11-13-15-16-14-11/h3-6H,7H2,1-2H3,(H,13,14,15,16). The Morgan fingerprint density at radius 3 is 2.85 bits per heavy atom. The molecule has 1 amide bonds. The van der Waals surface area contributed by atoms with Crippen LogP contribution in [-0.4, -0.2) is 58.1 Å². The number of carbonyl (C=O) groups excluding carboxylic acids is 2. The van der Waals surface area contributed by atoms with E-state index in [-0.39, 0.29) is 12.5 Å². The summed E-state index contributed by atoms with van der Waals surface area (Å²) in [4.78, 5) is 24.6. The van der Waals surface area contributed by atoms with Gasteiger partial charge in [-0.05, 0) is 17.3 Å². The number of aromatic nitrogens is 4. The van der Waals surface area contributed by atoms with Crippen LogP contribution in [0, 0.1) is 0 Å². The number of rotatable bonds is 4. The van der Waals surface area contributed by atoms with Gasteiger partial charge in [0, 0.05) is 18.2 Å². The van der Waals surface area contributed by atoms with Crippen LogP contribution in [0.25, 0.3) is 11.4 Å². The van der Waals surface area contributed by atoms with Crippen LogP contribution in [0.2, 0.25) is 0 Å². The van der Waals surface area contributed by atoms with Gasteiger partial charge in [0.05, 0.1) is 7.11 Å². The van der Waals surface area contributed by atoms with Crippen LogP contribution in [-0.2, 0) is 9.53 Å². The summed E-state index contributed by atoms with van der Waals surface area (Å²) in [6.07, 6.45) is 0. The van der Waals surface area contributed by atoms with Crippen LogP contribution in [0.4, 0.5) is 0 Å². The Hall–Kier alpha value is -2.77. The van der Waals surface area contributed by atoms with E-state index in [0.29, 0.717) is 17.0 Å². The number of amides is 1. The zero-order valence-electron chi connectivity index (χ0n) is 11.0. The third-order valence-electron chi connectivity index (χ3n) is 2.65. The lowest BCUT2D eigenvalue weighted by Crippen LogP contribution is -2.32. The van der Waals surface area contributed by atoms with Crippen molar-refractivity contribution >= 4 is 11.9 Å². The van der Waals surface area contributed by atoms with E-state index >= 15 is 0 Å². The molecule has 0 fully saturated rings. The van der Waals surface area contributed by atoms with E-state index in [1.165, 1.54) is 19.1 Å². The second kappa shape index (κ2) is 5.91. The molecule has 0 unspecified atom stereocenters. The monoisotopic (exact) mass is 275 g/mol. The third kappa shape index (κ3) is 2.97. The summed E-state index contributed by atoms with van der Waals surface area (Å²) in [5.41, 5.74) is 1.09. The Morgan fingerprint density at radius 1 is 1.40 bits per heavy atom. The second-order valence-corrected chi connectivity index (χ2v) is 4.05. The molecule has 8 heteroatoms. The lowest BCUT2D eigenvalue weighted by Gasteiger charge is -2.15. The van der Waals surface area contributed by atoms with Gasteiger partial charge in [-0.1, -0.05) is 12.1 Å². The zero-order chi connectivity index (χ0) is 14.5. The second-order valence-electron chi connectivity index (χ2n) is 4.05. The molecule has 0 radical (unpaired) electrons. The minimum atomic E-state index is -0.477. The Kier molecular flexibility index (Phi) is 4.04. The molecule has 0 spiro atoms. The van der Waals surface area contributed by atoms with Gasteiger partial charge in [0.2, 0.25) is 5.82 Å². The van der Waals surface area contributed by atoms with Crippen molar-refractivity contribution in [1.82, 2.24) is 25.5 Å². The van der Waals surface area contributed by atoms with Gasteiger partial charge in [-0.3, -0.25) is 9.59 Å². The Bertz CT molecular complexity index is 611. The van der Waals surface area contributed by atoms with E-state index in [0.717, 1.165) is 0 Å².